The molecule has 0 radical (unpaired) electrons. The highest BCUT2D eigenvalue weighted by Crippen LogP contribution is 2.30. The molecule has 8 heteroatoms. The number of nitrogens with zero attached hydrogens (tertiary/aromatic N) is 4. The summed E-state index contributed by atoms with van der Waals surface area (Å²) in [4.78, 5) is 28.2. The highest BCUT2D eigenvalue weighted by atomic mass is 16.2. The predicted molar refractivity (Wildman–Crippen MR) is 129 cm³/mol. The lowest BCUT2D eigenvalue weighted by Gasteiger charge is -2.11. The van der Waals surface area contributed by atoms with Crippen LogP contribution in [0.3, 0.4) is 0 Å². The minimum atomic E-state index is -0.224. The van der Waals surface area contributed by atoms with Crippen LogP contribution >= 0.6 is 0 Å². The number of aromatic nitrogens is 4. The van der Waals surface area contributed by atoms with Gasteiger partial charge in [-0.3, -0.25) is 9.78 Å². The van der Waals surface area contributed by atoms with E-state index in [0.29, 0.717) is 22.8 Å². The van der Waals surface area contributed by atoms with Crippen LogP contribution in [-0.2, 0) is 17.8 Å². The van der Waals surface area contributed by atoms with Gasteiger partial charge in [0.05, 0.1) is 5.57 Å². The summed E-state index contributed by atoms with van der Waals surface area (Å²) in [6.07, 6.45) is 12.3. The summed E-state index contributed by atoms with van der Waals surface area (Å²) in [6, 6.07) is 4.05. The average Bonchev–Trinajstić information content (AvgIpc) is 3.34. The van der Waals surface area contributed by atoms with Gasteiger partial charge in [0.25, 0.3) is 5.91 Å². The van der Waals surface area contributed by atoms with Crippen LogP contribution in [0, 0.1) is 6.92 Å². The molecule has 4 heterocycles. The zero-order valence-corrected chi connectivity index (χ0v) is 19.2. The molecule has 33 heavy (non-hydrogen) atoms. The first-order valence-electron chi connectivity index (χ1n) is 11.2. The number of nitrogens with one attached hydrogen (secondary N) is 3. The second-order valence-corrected chi connectivity index (χ2v) is 8.43. The van der Waals surface area contributed by atoms with Crippen LogP contribution in [0.5, 0.6) is 0 Å². The van der Waals surface area contributed by atoms with Crippen LogP contribution in [0.25, 0.3) is 6.08 Å². The van der Waals surface area contributed by atoms with Gasteiger partial charge >= 0.3 is 0 Å². The van der Waals surface area contributed by atoms with Gasteiger partial charge in [0, 0.05) is 48.3 Å². The maximum absolute atomic E-state index is 12.5. The van der Waals surface area contributed by atoms with Gasteiger partial charge in [0.2, 0.25) is 0 Å². The molecule has 1 aliphatic rings. The second-order valence-electron chi connectivity index (χ2n) is 8.43. The molecular weight excluding hydrogens is 414 g/mol. The number of hydrogen-bond acceptors (Lipinski definition) is 6. The fourth-order valence-electron chi connectivity index (χ4n) is 4.18. The summed E-state index contributed by atoms with van der Waals surface area (Å²) in [5.74, 6) is 0.0872. The number of H-pyrrole nitrogens is 1. The Labute approximate surface area is 193 Å². The highest BCUT2D eigenvalue weighted by Gasteiger charge is 2.26. The maximum atomic E-state index is 12.5. The van der Waals surface area contributed by atoms with Crippen molar-refractivity contribution in [3.8, 4) is 0 Å². The quantitative estimate of drug-likeness (QED) is 0.347. The van der Waals surface area contributed by atoms with Crippen LogP contribution in [0.4, 0.5) is 0 Å². The molecule has 3 N–H and O–H groups in total. The summed E-state index contributed by atoms with van der Waals surface area (Å²) in [7, 11) is 0. The largest absolute Gasteiger partial charge is 0.359 e. The third-order valence-corrected chi connectivity index (χ3v) is 5.72. The molecule has 3 aromatic rings. The lowest BCUT2D eigenvalue weighted by Crippen LogP contribution is -2.15. The molecule has 0 aromatic carbocycles. The molecule has 0 spiro atoms. The van der Waals surface area contributed by atoms with Crippen molar-refractivity contribution >= 4 is 17.7 Å². The molecule has 0 aliphatic carbocycles. The van der Waals surface area contributed by atoms with Crippen LogP contribution in [-0.4, -0.2) is 38.1 Å². The molecule has 3 aromatic heterocycles. The lowest BCUT2D eigenvalue weighted by atomic mass is 9.93. The highest BCUT2D eigenvalue weighted by molar-refractivity contribution is 6.33. The van der Waals surface area contributed by atoms with Gasteiger partial charge in [-0.2, -0.15) is 5.10 Å². The van der Waals surface area contributed by atoms with Gasteiger partial charge in [-0.05, 0) is 67.1 Å². The Morgan fingerprint density at radius 1 is 1.12 bits per heavy atom. The molecule has 1 aliphatic heterocycles. The monoisotopic (exact) mass is 443 g/mol. The van der Waals surface area contributed by atoms with Crippen molar-refractivity contribution in [1.82, 2.24) is 30.7 Å². The molecule has 0 fully saturated rings. The summed E-state index contributed by atoms with van der Waals surface area (Å²) < 4.78 is 0. The standard InChI is InChI=1S/C25H29N7O/c1-16(2)23-20(5-4-8-27-12-18-6-9-26-10-7-18)17(3)30-22(23)11-21-24(31-32-25(21)33)19-13-28-15-29-14-19/h6-7,9-11,13-16,27,30H,4-5,8,12H2,1-3H3,(H,32,33). The minimum Gasteiger partial charge on any atom is -0.359 e. The first-order chi connectivity index (χ1) is 16.0. The third-order valence-electron chi connectivity index (χ3n) is 5.72. The number of hydrazone groups is 1. The Hall–Kier alpha value is -3.65. The number of carbonyl (C=O) groups is 1. The average molecular weight is 444 g/mol. The third kappa shape index (κ3) is 5.23. The van der Waals surface area contributed by atoms with Crippen molar-refractivity contribution in [3.63, 3.8) is 0 Å². The van der Waals surface area contributed by atoms with Crippen molar-refractivity contribution in [1.29, 1.82) is 0 Å². The number of hydrogen-bond donors (Lipinski definition) is 3. The minimum absolute atomic E-state index is 0.224. The number of rotatable bonds is 9. The van der Waals surface area contributed by atoms with E-state index in [0.717, 1.165) is 37.3 Å². The summed E-state index contributed by atoms with van der Waals surface area (Å²) in [5.41, 5.74) is 10.2. The van der Waals surface area contributed by atoms with E-state index in [1.54, 1.807) is 12.4 Å². The predicted octanol–water partition coefficient (Wildman–Crippen LogP) is 3.27. The van der Waals surface area contributed by atoms with Gasteiger partial charge < -0.3 is 10.3 Å². The van der Waals surface area contributed by atoms with E-state index in [1.165, 1.54) is 23.0 Å². The fraction of sp³-hybridized carbons (Fsp3) is 0.320. The zero-order valence-electron chi connectivity index (χ0n) is 19.2. The van der Waals surface area contributed by atoms with Crippen LogP contribution in [0.1, 0.15) is 59.8 Å². The molecule has 0 saturated heterocycles. The molecule has 8 nitrogen and oxygen atoms in total. The van der Waals surface area contributed by atoms with Gasteiger partial charge in [-0.25, -0.2) is 15.4 Å². The normalized spacial score (nSPS) is 14.7. The van der Waals surface area contributed by atoms with Crippen molar-refractivity contribution in [2.75, 3.05) is 6.54 Å². The van der Waals surface area contributed by atoms with E-state index < -0.39 is 0 Å². The summed E-state index contributed by atoms with van der Waals surface area (Å²) >= 11 is 0. The van der Waals surface area contributed by atoms with Crippen molar-refractivity contribution in [3.05, 3.63) is 82.5 Å². The smallest absolute Gasteiger partial charge is 0.273 e. The Balaban J connectivity index is 1.50. The Morgan fingerprint density at radius 2 is 1.88 bits per heavy atom. The topological polar surface area (TPSA) is 108 Å². The Morgan fingerprint density at radius 3 is 2.61 bits per heavy atom. The first-order valence-corrected chi connectivity index (χ1v) is 11.2. The fourth-order valence-corrected chi connectivity index (χ4v) is 4.18. The number of aromatic amines is 1. The van der Waals surface area contributed by atoms with Crippen LogP contribution in [0.15, 0.2) is 53.9 Å². The number of pyridine rings is 1. The van der Waals surface area contributed by atoms with E-state index >= 15 is 0 Å². The van der Waals surface area contributed by atoms with Crippen LogP contribution in [0.2, 0.25) is 0 Å². The first kappa shape index (κ1) is 22.5. The zero-order chi connectivity index (χ0) is 23.2. The Kier molecular flexibility index (Phi) is 7.04. The molecule has 0 bridgehead atoms. The molecule has 0 saturated carbocycles. The maximum Gasteiger partial charge on any atom is 0.273 e. The SMILES string of the molecule is Cc1[nH]c(C=C2C(=O)NN=C2c2cncnc2)c(C(C)C)c1CCCNCc1ccncc1. The van der Waals surface area contributed by atoms with Gasteiger partial charge in [-0.1, -0.05) is 13.8 Å². The summed E-state index contributed by atoms with van der Waals surface area (Å²) in [6.45, 7) is 8.23. The van der Waals surface area contributed by atoms with Crippen molar-refractivity contribution in [2.45, 2.75) is 46.1 Å². The van der Waals surface area contributed by atoms with Crippen molar-refractivity contribution < 1.29 is 4.79 Å². The van der Waals surface area contributed by atoms with Gasteiger partial charge in [0.1, 0.15) is 12.0 Å². The molecular formula is C25H29N7O. The van der Waals surface area contributed by atoms with Crippen LogP contribution < -0.4 is 10.7 Å². The number of amides is 1. The molecule has 1 amide bonds. The van der Waals surface area contributed by atoms with Gasteiger partial charge in [-0.15, -0.1) is 0 Å². The molecule has 4 rings (SSSR count). The van der Waals surface area contributed by atoms with Gasteiger partial charge in [0.15, 0.2) is 0 Å². The number of aryl methyl sites for hydroxylation is 1. The molecule has 0 unspecified atom stereocenters. The molecule has 170 valence electrons. The molecule has 0 atom stereocenters. The number of carbonyl (C=O) groups excluding carboxylic acids is 1. The Bertz CT molecular complexity index is 1160. The van der Waals surface area contributed by atoms with E-state index in [4.69, 9.17) is 0 Å². The van der Waals surface area contributed by atoms with E-state index in [9.17, 15) is 4.79 Å². The van der Waals surface area contributed by atoms with E-state index in [2.05, 4.69) is 56.6 Å². The second kappa shape index (κ2) is 10.3. The van der Waals surface area contributed by atoms with E-state index in [-0.39, 0.29) is 5.91 Å². The van der Waals surface area contributed by atoms with Crippen molar-refractivity contribution in [2.24, 2.45) is 5.10 Å². The van der Waals surface area contributed by atoms with E-state index in [1.807, 2.05) is 30.6 Å². The lowest BCUT2D eigenvalue weighted by molar-refractivity contribution is -0.116. The summed E-state index contributed by atoms with van der Waals surface area (Å²) in [5, 5.41) is 7.71.